The predicted molar refractivity (Wildman–Crippen MR) is 58.9 cm³/mol. The molecule has 0 aliphatic heterocycles. The quantitative estimate of drug-likeness (QED) is 0.780. The zero-order valence-corrected chi connectivity index (χ0v) is 9.62. The summed E-state index contributed by atoms with van der Waals surface area (Å²) in [4.78, 5) is 4.14. The van der Waals surface area contributed by atoms with E-state index in [0.29, 0.717) is 0 Å². The van der Waals surface area contributed by atoms with Crippen LogP contribution < -0.4 is 0 Å². The van der Waals surface area contributed by atoms with Crippen LogP contribution >= 0.6 is 15.9 Å². The first-order chi connectivity index (χ1) is 6.66. The second kappa shape index (κ2) is 3.53. The van der Waals surface area contributed by atoms with Gasteiger partial charge in [-0.05, 0) is 34.5 Å². The maximum atomic E-state index is 4.35. The summed E-state index contributed by atoms with van der Waals surface area (Å²) in [5, 5.41) is 4.35. The standard InChI is InChI=1S/C10H10BrN3/c1-7-3-8(5-12-4-7)10-9(11)6-14(2)13-10/h3-6H,1-2H3. The largest absolute Gasteiger partial charge is 0.274 e. The third-order valence-electron chi connectivity index (χ3n) is 1.93. The van der Waals surface area contributed by atoms with Crippen LogP contribution in [0.1, 0.15) is 5.56 Å². The molecule has 0 atom stereocenters. The van der Waals surface area contributed by atoms with E-state index in [1.165, 1.54) is 0 Å². The first-order valence-corrected chi connectivity index (χ1v) is 5.07. The Balaban J connectivity index is 2.54. The van der Waals surface area contributed by atoms with Crippen LogP contribution in [0, 0.1) is 6.92 Å². The average molecular weight is 252 g/mol. The van der Waals surface area contributed by atoms with Gasteiger partial charge in [0.1, 0.15) is 5.69 Å². The van der Waals surface area contributed by atoms with Crippen molar-refractivity contribution in [3.8, 4) is 11.3 Å². The lowest BCUT2D eigenvalue weighted by Gasteiger charge is -1.98. The summed E-state index contributed by atoms with van der Waals surface area (Å²) < 4.78 is 2.77. The lowest BCUT2D eigenvalue weighted by atomic mass is 10.2. The molecule has 0 spiro atoms. The zero-order chi connectivity index (χ0) is 10.1. The van der Waals surface area contributed by atoms with Crippen molar-refractivity contribution in [2.45, 2.75) is 6.92 Å². The Labute approximate surface area is 90.9 Å². The minimum atomic E-state index is 0.934. The highest BCUT2D eigenvalue weighted by Gasteiger charge is 2.07. The van der Waals surface area contributed by atoms with Crippen LogP contribution in [0.5, 0.6) is 0 Å². The maximum absolute atomic E-state index is 4.35. The summed E-state index contributed by atoms with van der Waals surface area (Å²) in [5.74, 6) is 0. The Bertz CT molecular complexity index is 462. The van der Waals surface area contributed by atoms with Crippen molar-refractivity contribution in [3.05, 3.63) is 34.7 Å². The summed E-state index contributed by atoms with van der Waals surface area (Å²) in [6.07, 6.45) is 5.58. The van der Waals surface area contributed by atoms with Gasteiger partial charge in [-0.2, -0.15) is 5.10 Å². The normalized spacial score (nSPS) is 10.5. The van der Waals surface area contributed by atoms with Gasteiger partial charge in [-0.1, -0.05) is 0 Å². The summed E-state index contributed by atoms with van der Waals surface area (Å²) in [6.45, 7) is 2.02. The van der Waals surface area contributed by atoms with Crippen LogP contribution in [0.2, 0.25) is 0 Å². The molecule has 4 heteroatoms. The van der Waals surface area contributed by atoms with E-state index in [0.717, 1.165) is 21.3 Å². The van der Waals surface area contributed by atoms with Gasteiger partial charge in [0.05, 0.1) is 4.47 Å². The van der Waals surface area contributed by atoms with Crippen LogP contribution in [-0.4, -0.2) is 14.8 Å². The fourth-order valence-corrected chi connectivity index (χ4v) is 1.94. The molecule has 0 aromatic carbocycles. The van der Waals surface area contributed by atoms with Crippen molar-refractivity contribution in [3.63, 3.8) is 0 Å². The van der Waals surface area contributed by atoms with Crippen molar-refractivity contribution < 1.29 is 0 Å². The van der Waals surface area contributed by atoms with Crippen LogP contribution in [0.4, 0.5) is 0 Å². The van der Waals surface area contributed by atoms with Gasteiger partial charge in [0, 0.05) is 31.2 Å². The molecule has 0 aliphatic carbocycles. The van der Waals surface area contributed by atoms with Gasteiger partial charge in [-0.15, -0.1) is 0 Å². The Morgan fingerprint density at radius 1 is 1.36 bits per heavy atom. The van der Waals surface area contributed by atoms with Crippen molar-refractivity contribution in [1.29, 1.82) is 0 Å². The molecule has 14 heavy (non-hydrogen) atoms. The number of aryl methyl sites for hydroxylation is 2. The third-order valence-corrected chi connectivity index (χ3v) is 2.51. The van der Waals surface area contributed by atoms with Crippen LogP contribution in [0.25, 0.3) is 11.3 Å². The molecule has 2 rings (SSSR count). The van der Waals surface area contributed by atoms with Crippen LogP contribution in [-0.2, 0) is 7.05 Å². The second-order valence-electron chi connectivity index (χ2n) is 3.25. The molecule has 0 amide bonds. The minimum Gasteiger partial charge on any atom is -0.274 e. The van der Waals surface area contributed by atoms with Crippen molar-refractivity contribution in [2.75, 3.05) is 0 Å². The molecule has 3 nitrogen and oxygen atoms in total. The highest BCUT2D eigenvalue weighted by atomic mass is 79.9. The summed E-state index contributed by atoms with van der Waals surface area (Å²) in [7, 11) is 1.90. The topological polar surface area (TPSA) is 30.7 Å². The molecule has 0 unspecified atom stereocenters. The minimum absolute atomic E-state index is 0.934. The second-order valence-corrected chi connectivity index (χ2v) is 4.10. The van der Waals surface area contributed by atoms with E-state index in [-0.39, 0.29) is 0 Å². The molecular formula is C10H10BrN3. The Morgan fingerprint density at radius 3 is 2.71 bits per heavy atom. The number of aromatic nitrogens is 3. The van der Waals surface area contributed by atoms with Gasteiger partial charge in [-0.25, -0.2) is 0 Å². The SMILES string of the molecule is Cc1cncc(-c2nn(C)cc2Br)c1. The fourth-order valence-electron chi connectivity index (χ4n) is 1.34. The van der Waals surface area contributed by atoms with E-state index in [4.69, 9.17) is 0 Å². The Kier molecular flexibility index (Phi) is 2.37. The van der Waals surface area contributed by atoms with E-state index in [9.17, 15) is 0 Å². The van der Waals surface area contributed by atoms with Gasteiger partial charge in [0.2, 0.25) is 0 Å². The molecule has 0 radical (unpaired) electrons. The molecule has 0 aliphatic rings. The van der Waals surface area contributed by atoms with Crippen molar-refractivity contribution in [1.82, 2.24) is 14.8 Å². The average Bonchev–Trinajstić information content (AvgIpc) is 2.45. The summed E-state index contributed by atoms with van der Waals surface area (Å²) >= 11 is 3.47. The fraction of sp³-hybridized carbons (Fsp3) is 0.200. The molecule has 0 bridgehead atoms. The van der Waals surface area contributed by atoms with E-state index in [1.807, 2.05) is 32.6 Å². The number of hydrogen-bond donors (Lipinski definition) is 0. The highest BCUT2D eigenvalue weighted by Crippen LogP contribution is 2.25. The zero-order valence-electron chi connectivity index (χ0n) is 8.03. The van der Waals surface area contributed by atoms with E-state index >= 15 is 0 Å². The van der Waals surface area contributed by atoms with Crippen LogP contribution in [0.15, 0.2) is 29.1 Å². The number of halogens is 1. The lowest BCUT2D eigenvalue weighted by Crippen LogP contribution is -1.88. The maximum Gasteiger partial charge on any atom is 0.108 e. The van der Waals surface area contributed by atoms with Crippen LogP contribution in [0.3, 0.4) is 0 Å². The Morgan fingerprint density at radius 2 is 2.14 bits per heavy atom. The number of pyridine rings is 1. The smallest absolute Gasteiger partial charge is 0.108 e. The number of rotatable bonds is 1. The highest BCUT2D eigenvalue weighted by molar-refractivity contribution is 9.10. The van der Waals surface area contributed by atoms with E-state index in [2.05, 4.69) is 32.1 Å². The molecule has 2 heterocycles. The molecular weight excluding hydrogens is 242 g/mol. The van der Waals surface area contributed by atoms with Gasteiger partial charge in [0.25, 0.3) is 0 Å². The Hall–Kier alpha value is -1.16. The molecule has 0 saturated heterocycles. The van der Waals surface area contributed by atoms with Gasteiger partial charge in [0.15, 0.2) is 0 Å². The number of nitrogens with zero attached hydrogens (tertiary/aromatic N) is 3. The van der Waals surface area contributed by atoms with E-state index < -0.39 is 0 Å². The molecule has 0 N–H and O–H groups in total. The molecule has 2 aromatic rings. The first-order valence-electron chi connectivity index (χ1n) is 4.28. The molecule has 2 aromatic heterocycles. The lowest BCUT2D eigenvalue weighted by molar-refractivity contribution is 0.770. The third kappa shape index (κ3) is 1.70. The van der Waals surface area contributed by atoms with Gasteiger partial charge in [-0.3, -0.25) is 9.67 Å². The summed E-state index contributed by atoms with van der Waals surface area (Å²) in [5.41, 5.74) is 3.11. The first kappa shape index (κ1) is 9.40. The summed E-state index contributed by atoms with van der Waals surface area (Å²) in [6, 6.07) is 2.07. The molecule has 72 valence electrons. The van der Waals surface area contributed by atoms with Gasteiger partial charge >= 0.3 is 0 Å². The van der Waals surface area contributed by atoms with Gasteiger partial charge < -0.3 is 0 Å². The number of hydrogen-bond acceptors (Lipinski definition) is 2. The van der Waals surface area contributed by atoms with E-state index in [1.54, 1.807) is 4.68 Å². The van der Waals surface area contributed by atoms with Crippen molar-refractivity contribution >= 4 is 15.9 Å². The molecule has 0 fully saturated rings. The van der Waals surface area contributed by atoms with Crippen molar-refractivity contribution in [2.24, 2.45) is 7.05 Å². The molecule has 0 saturated carbocycles. The predicted octanol–water partition coefficient (Wildman–Crippen LogP) is 2.55. The monoisotopic (exact) mass is 251 g/mol.